The average molecular weight is 377 g/mol. The third-order valence-electron chi connectivity index (χ3n) is 4.36. The second-order valence-corrected chi connectivity index (χ2v) is 6.26. The second-order valence-electron chi connectivity index (χ2n) is 6.26. The predicted molar refractivity (Wildman–Crippen MR) is 109 cm³/mol. The normalized spacial score (nSPS) is 10.8. The molecule has 1 aromatic heterocycles. The summed E-state index contributed by atoms with van der Waals surface area (Å²) in [5.74, 6) is 1.31. The van der Waals surface area contributed by atoms with Crippen molar-refractivity contribution in [2.45, 2.75) is 13.5 Å². The number of anilines is 1. The first-order valence-electron chi connectivity index (χ1n) is 8.89. The first-order chi connectivity index (χ1) is 13.6. The van der Waals surface area contributed by atoms with Crippen molar-refractivity contribution in [3.63, 3.8) is 0 Å². The van der Waals surface area contributed by atoms with E-state index in [1.54, 1.807) is 24.1 Å². The SMILES string of the molecule is COc1ccc(/C=C/C(=O)Nc2cnn(C)c2C)cc1COc1ccccc1. The van der Waals surface area contributed by atoms with Gasteiger partial charge in [-0.3, -0.25) is 9.48 Å². The van der Waals surface area contributed by atoms with Crippen LogP contribution in [0.1, 0.15) is 16.8 Å². The molecule has 3 rings (SSSR count). The molecule has 0 radical (unpaired) electrons. The van der Waals surface area contributed by atoms with E-state index in [1.807, 2.05) is 62.5 Å². The Bertz CT molecular complexity index is 978. The first kappa shape index (κ1) is 19.2. The molecule has 3 aromatic rings. The van der Waals surface area contributed by atoms with Crippen LogP contribution in [0.2, 0.25) is 0 Å². The summed E-state index contributed by atoms with van der Waals surface area (Å²) in [6, 6.07) is 15.3. The van der Waals surface area contributed by atoms with Gasteiger partial charge >= 0.3 is 0 Å². The second kappa shape index (κ2) is 8.90. The fourth-order valence-corrected chi connectivity index (χ4v) is 2.66. The molecule has 28 heavy (non-hydrogen) atoms. The summed E-state index contributed by atoms with van der Waals surface area (Å²) in [5.41, 5.74) is 3.37. The Morgan fingerprint density at radius 1 is 1.21 bits per heavy atom. The Morgan fingerprint density at radius 3 is 2.68 bits per heavy atom. The number of carbonyl (C=O) groups is 1. The van der Waals surface area contributed by atoms with Gasteiger partial charge < -0.3 is 14.8 Å². The van der Waals surface area contributed by atoms with E-state index in [1.165, 1.54) is 6.08 Å². The van der Waals surface area contributed by atoms with E-state index < -0.39 is 0 Å². The first-order valence-corrected chi connectivity index (χ1v) is 8.89. The maximum atomic E-state index is 12.2. The maximum absolute atomic E-state index is 12.2. The van der Waals surface area contributed by atoms with E-state index in [0.29, 0.717) is 12.3 Å². The van der Waals surface area contributed by atoms with E-state index in [9.17, 15) is 4.79 Å². The van der Waals surface area contributed by atoms with Gasteiger partial charge in [0.1, 0.15) is 18.1 Å². The lowest BCUT2D eigenvalue weighted by molar-refractivity contribution is -0.111. The zero-order valence-electron chi connectivity index (χ0n) is 16.2. The fraction of sp³-hybridized carbons (Fsp3) is 0.182. The Morgan fingerprint density at radius 2 is 2.00 bits per heavy atom. The largest absolute Gasteiger partial charge is 0.496 e. The van der Waals surface area contributed by atoms with E-state index in [2.05, 4.69) is 10.4 Å². The van der Waals surface area contributed by atoms with Crippen molar-refractivity contribution in [3.8, 4) is 11.5 Å². The number of nitrogens with one attached hydrogen (secondary N) is 1. The molecule has 0 atom stereocenters. The molecular formula is C22H23N3O3. The molecule has 6 nitrogen and oxygen atoms in total. The van der Waals surface area contributed by atoms with Crippen molar-refractivity contribution in [3.05, 3.63) is 77.6 Å². The lowest BCUT2D eigenvalue weighted by Crippen LogP contribution is -2.08. The monoisotopic (exact) mass is 377 g/mol. The predicted octanol–water partition coefficient (Wildman–Crippen LogP) is 3.97. The standard InChI is InChI=1S/C22H23N3O3/c1-16-20(14-23-25(16)2)24-22(26)12-10-17-9-11-21(27-3)18(13-17)15-28-19-7-5-4-6-8-19/h4-14H,15H2,1-3H3,(H,24,26)/b12-10+. The summed E-state index contributed by atoms with van der Waals surface area (Å²) in [6.07, 6.45) is 4.88. The van der Waals surface area contributed by atoms with Crippen molar-refractivity contribution in [2.75, 3.05) is 12.4 Å². The topological polar surface area (TPSA) is 65.4 Å². The number of hydrogen-bond acceptors (Lipinski definition) is 4. The highest BCUT2D eigenvalue weighted by Gasteiger charge is 2.07. The molecule has 0 saturated carbocycles. The van der Waals surface area contributed by atoms with Gasteiger partial charge in [-0.2, -0.15) is 5.10 Å². The number of nitrogens with zero attached hydrogens (tertiary/aromatic N) is 2. The molecule has 6 heteroatoms. The van der Waals surface area contributed by atoms with Crippen molar-refractivity contribution >= 4 is 17.7 Å². The fourth-order valence-electron chi connectivity index (χ4n) is 2.66. The minimum absolute atomic E-state index is 0.214. The summed E-state index contributed by atoms with van der Waals surface area (Å²) in [5, 5.41) is 6.94. The summed E-state index contributed by atoms with van der Waals surface area (Å²) >= 11 is 0. The Hall–Kier alpha value is -3.54. The van der Waals surface area contributed by atoms with Gasteiger partial charge in [-0.15, -0.1) is 0 Å². The van der Waals surface area contributed by atoms with Crippen molar-refractivity contribution in [2.24, 2.45) is 7.05 Å². The third kappa shape index (κ3) is 4.79. The molecule has 1 amide bonds. The van der Waals surface area contributed by atoms with Gasteiger partial charge in [0.2, 0.25) is 5.91 Å². The number of benzene rings is 2. The van der Waals surface area contributed by atoms with Crippen LogP contribution in [0.15, 0.2) is 60.8 Å². The Balaban J connectivity index is 1.68. The van der Waals surface area contributed by atoms with Crippen LogP contribution in [0.5, 0.6) is 11.5 Å². The minimum atomic E-state index is -0.214. The quantitative estimate of drug-likeness (QED) is 0.633. The van der Waals surface area contributed by atoms with E-state index in [0.717, 1.165) is 28.3 Å². The molecule has 0 aliphatic heterocycles. The lowest BCUT2D eigenvalue weighted by atomic mass is 10.1. The molecular weight excluding hydrogens is 354 g/mol. The number of rotatable bonds is 7. The highest BCUT2D eigenvalue weighted by atomic mass is 16.5. The molecule has 0 fully saturated rings. The molecule has 0 aliphatic carbocycles. The highest BCUT2D eigenvalue weighted by molar-refractivity contribution is 6.02. The van der Waals surface area contributed by atoms with Gasteiger partial charge in [-0.25, -0.2) is 0 Å². The third-order valence-corrected chi connectivity index (χ3v) is 4.36. The van der Waals surface area contributed by atoms with Crippen LogP contribution in [0, 0.1) is 6.92 Å². The van der Waals surface area contributed by atoms with Gasteiger partial charge in [0.05, 0.1) is 24.7 Å². The molecule has 0 bridgehead atoms. The molecule has 1 N–H and O–H groups in total. The number of para-hydroxylation sites is 1. The Labute approximate surface area is 164 Å². The van der Waals surface area contributed by atoms with E-state index >= 15 is 0 Å². The van der Waals surface area contributed by atoms with Gasteiger partial charge in [-0.05, 0) is 42.8 Å². The number of ether oxygens (including phenoxy) is 2. The van der Waals surface area contributed by atoms with Crippen LogP contribution < -0.4 is 14.8 Å². The lowest BCUT2D eigenvalue weighted by Gasteiger charge is -2.11. The van der Waals surface area contributed by atoms with Crippen LogP contribution in [-0.4, -0.2) is 22.8 Å². The average Bonchev–Trinajstić information content (AvgIpc) is 3.03. The smallest absolute Gasteiger partial charge is 0.248 e. The van der Waals surface area contributed by atoms with Crippen LogP contribution >= 0.6 is 0 Å². The van der Waals surface area contributed by atoms with Crippen molar-refractivity contribution in [1.29, 1.82) is 0 Å². The molecule has 0 aliphatic rings. The summed E-state index contributed by atoms with van der Waals surface area (Å²) < 4.78 is 12.9. The molecule has 0 unspecified atom stereocenters. The summed E-state index contributed by atoms with van der Waals surface area (Å²) in [6.45, 7) is 2.27. The number of carbonyl (C=O) groups excluding carboxylic acids is 1. The molecule has 0 saturated heterocycles. The Kier molecular flexibility index (Phi) is 6.11. The van der Waals surface area contributed by atoms with Gasteiger partial charge in [0.15, 0.2) is 0 Å². The van der Waals surface area contributed by atoms with Gasteiger partial charge in [0.25, 0.3) is 0 Å². The van der Waals surface area contributed by atoms with E-state index in [4.69, 9.17) is 9.47 Å². The van der Waals surface area contributed by atoms with E-state index in [-0.39, 0.29) is 5.91 Å². The maximum Gasteiger partial charge on any atom is 0.248 e. The van der Waals surface area contributed by atoms with Crippen LogP contribution in [0.25, 0.3) is 6.08 Å². The number of aromatic nitrogens is 2. The van der Waals surface area contributed by atoms with Crippen LogP contribution in [0.3, 0.4) is 0 Å². The van der Waals surface area contributed by atoms with Gasteiger partial charge in [0, 0.05) is 18.7 Å². The zero-order chi connectivity index (χ0) is 19.9. The van der Waals surface area contributed by atoms with Gasteiger partial charge in [-0.1, -0.05) is 24.3 Å². The van der Waals surface area contributed by atoms with Crippen LogP contribution in [0.4, 0.5) is 5.69 Å². The highest BCUT2D eigenvalue weighted by Crippen LogP contribution is 2.23. The number of amides is 1. The van der Waals surface area contributed by atoms with Crippen molar-refractivity contribution in [1.82, 2.24) is 9.78 Å². The zero-order valence-corrected chi connectivity index (χ0v) is 16.2. The van der Waals surface area contributed by atoms with Crippen molar-refractivity contribution < 1.29 is 14.3 Å². The molecule has 1 heterocycles. The summed E-state index contributed by atoms with van der Waals surface area (Å²) in [7, 11) is 3.46. The van der Waals surface area contributed by atoms with Crippen LogP contribution in [-0.2, 0) is 18.4 Å². The number of hydrogen-bond donors (Lipinski definition) is 1. The number of aryl methyl sites for hydroxylation is 1. The summed E-state index contributed by atoms with van der Waals surface area (Å²) in [4.78, 5) is 12.2. The molecule has 2 aromatic carbocycles. The molecule has 0 spiro atoms. The minimum Gasteiger partial charge on any atom is -0.496 e. The number of methoxy groups -OCH3 is 1. The molecule has 144 valence electrons.